The summed E-state index contributed by atoms with van der Waals surface area (Å²) < 4.78 is 9.80. The zero-order chi connectivity index (χ0) is 49.8. The highest BCUT2D eigenvalue weighted by Gasteiger charge is 2.23. The molecular formula is C72H46N4. The molecule has 12 aromatic carbocycles. The van der Waals surface area contributed by atoms with E-state index in [0.29, 0.717) is 0 Å². The van der Waals surface area contributed by atoms with Crippen LogP contribution < -0.4 is 0 Å². The second-order valence-corrected chi connectivity index (χ2v) is 20.1. The van der Waals surface area contributed by atoms with E-state index in [-0.39, 0.29) is 0 Å². The second-order valence-electron chi connectivity index (χ2n) is 20.1. The van der Waals surface area contributed by atoms with Gasteiger partial charge in [-0.3, -0.25) is 0 Å². The minimum absolute atomic E-state index is 1.12. The van der Waals surface area contributed by atoms with Crippen molar-refractivity contribution >= 4 is 87.2 Å². The minimum Gasteiger partial charge on any atom is -0.309 e. The average Bonchev–Trinajstić information content (AvgIpc) is 4.40. The lowest BCUT2D eigenvalue weighted by molar-refractivity contribution is 1.17. The Morgan fingerprint density at radius 3 is 1.08 bits per heavy atom. The van der Waals surface area contributed by atoms with E-state index in [1.54, 1.807) is 0 Å². The van der Waals surface area contributed by atoms with E-state index in [0.717, 1.165) is 45.0 Å². The Morgan fingerprint density at radius 1 is 0.171 bits per heavy atom. The lowest BCUT2D eigenvalue weighted by Gasteiger charge is -2.15. The van der Waals surface area contributed by atoms with Crippen LogP contribution in [0.1, 0.15) is 0 Å². The van der Waals surface area contributed by atoms with E-state index in [2.05, 4.69) is 297 Å². The van der Waals surface area contributed by atoms with Gasteiger partial charge in [0, 0.05) is 65.8 Å². The summed E-state index contributed by atoms with van der Waals surface area (Å²) in [5.41, 5.74) is 21.1. The molecule has 0 spiro atoms. The van der Waals surface area contributed by atoms with Gasteiger partial charge >= 0.3 is 0 Å². The molecule has 4 heterocycles. The second kappa shape index (κ2) is 16.7. The SMILES string of the molecule is c1ccc(-c2cc(-c3cccc(-n4c5ccccc5c5cc6c(cc54)c4ccccc4n6-c4ccccc4)c3)cc(-c3cccc(-n4c5ccccc5c5ccc6c(c7ccccc7n6-c6ccccc6)c54)c3)c2)cc1. The Kier molecular flexibility index (Phi) is 9.30. The van der Waals surface area contributed by atoms with Crippen LogP contribution in [0, 0.1) is 0 Å². The minimum atomic E-state index is 1.12. The molecular weight excluding hydrogens is 921 g/mol. The smallest absolute Gasteiger partial charge is 0.0641 e. The first-order valence-corrected chi connectivity index (χ1v) is 26.2. The van der Waals surface area contributed by atoms with E-state index in [9.17, 15) is 0 Å². The van der Waals surface area contributed by atoms with Crippen LogP contribution in [0.3, 0.4) is 0 Å². The zero-order valence-corrected chi connectivity index (χ0v) is 41.3. The summed E-state index contributed by atoms with van der Waals surface area (Å²) >= 11 is 0. The molecule has 0 saturated heterocycles. The topological polar surface area (TPSA) is 19.7 Å². The summed E-state index contributed by atoms with van der Waals surface area (Å²) in [6.45, 7) is 0. The number of fused-ring (bicyclic) bond motifs is 13. The summed E-state index contributed by atoms with van der Waals surface area (Å²) in [6.07, 6.45) is 0. The van der Waals surface area contributed by atoms with Crippen molar-refractivity contribution in [2.45, 2.75) is 0 Å². The zero-order valence-electron chi connectivity index (χ0n) is 41.3. The molecule has 0 aliphatic carbocycles. The first-order valence-electron chi connectivity index (χ1n) is 26.2. The predicted molar refractivity (Wildman–Crippen MR) is 320 cm³/mol. The molecule has 4 heteroatoms. The molecule has 16 aromatic rings. The summed E-state index contributed by atoms with van der Waals surface area (Å²) in [4.78, 5) is 0. The highest BCUT2D eigenvalue weighted by atomic mass is 15.0. The van der Waals surface area contributed by atoms with Gasteiger partial charge in [0.05, 0.1) is 44.1 Å². The Bertz CT molecular complexity index is 4970. The van der Waals surface area contributed by atoms with Gasteiger partial charge in [-0.15, -0.1) is 0 Å². The third-order valence-corrected chi connectivity index (χ3v) is 15.9. The number of benzene rings is 12. The van der Waals surface area contributed by atoms with Crippen LogP contribution in [0.4, 0.5) is 0 Å². The molecule has 0 fully saturated rings. The lowest BCUT2D eigenvalue weighted by Crippen LogP contribution is -1.96. The van der Waals surface area contributed by atoms with Crippen molar-refractivity contribution < 1.29 is 0 Å². The Balaban J connectivity index is 0.885. The van der Waals surface area contributed by atoms with E-state index in [1.807, 2.05) is 0 Å². The van der Waals surface area contributed by atoms with Gasteiger partial charge in [-0.25, -0.2) is 0 Å². The molecule has 0 amide bonds. The van der Waals surface area contributed by atoms with Crippen molar-refractivity contribution in [3.8, 4) is 56.1 Å². The molecule has 0 unspecified atom stereocenters. The average molecular weight is 967 g/mol. The molecule has 0 radical (unpaired) electrons. The van der Waals surface area contributed by atoms with Crippen molar-refractivity contribution in [2.75, 3.05) is 0 Å². The molecule has 0 atom stereocenters. The standard InChI is InChI=1S/C72H46N4/c1-4-20-47(21-5-1)50-40-51(48-22-18-28-55(43-48)75-65-35-15-12-32-59(65)63-45-69-62(46-70(63)75)58-31-11-14-34-64(58)74(69)54-26-8-3-9-27-54)42-52(41-50)49-23-19-29-56(44-49)76-66-36-16-10-30-57(66)60-38-39-68-71(72(60)76)61-33-13-17-37-67(61)73(68)53-24-6-2-7-25-53/h1-46H. The van der Waals surface area contributed by atoms with Gasteiger partial charge in [0.1, 0.15) is 0 Å². The lowest BCUT2D eigenvalue weighted by atomic mass is 9.93. The largest absolute Gasteiger partial charge is 0.309 e. The van der Waals surface area contributed by atoms with Crippen LogP contribution in [0.5, 0.6) is 0 Å². The summed E-state index contributed by atoms with van der Waals surface area (Å²) in [5.74, 6) is 0. The molecule has 0 bridgehead atoms. The van der Waals surface area contributed by atoms with E-state index >= 15 is 0 Å². The van der Waals surface area contributed by atoms with E-state index in [1.165, 1.54) is 98.4 Å². The molecule has 4 nitrogen and oxygen atoms in total. The van der Waals surface area contributed by atoms with Gasteiger partial charge in [-0.1, -0.05) is 170 Å². The van der Waals surface area contributed by atoms with Crippen LogP contribution >= 0.6 is 0 Å². The number of rotatable bonds is 7. The van der Waals surface area contributed by atoms with Crippen molar-refractivity contribution in [3.05, 3.63) is 279 Å². The number of hydrogen-bond donors (Lipinski definition) is 0. The fourth-order valence-corrected chi connectivity index (χ4v) is 12.6. The van der Waals surface area contributed by atoms with Gasteiger partial charge in [-0.2, -0.15) is 0 Å². The fraction of sp³-hybridized carbons (Fsp3) is 0. The predicted octanol–water partition coefficient (Wildman–Crippen LogP) is 19.1. The van der Waals surface area contributed by atoms with E-state index < -0.39 is 0 Å². The molecule has 16 rings (SSSR count). The summed E-state index contributed by atoms with van der Waals surface area (Å²) in [5, 5.41) is 9.90. The van der Waals surface area contributed by atoms with Crippen molar-refractivity contribution in [1.82, 2.24) is 18.3 Å². The first kappa shape index (κ1) is 42.4. The van der Waals surface area contributed by atoms with Gasteiger partial charge in [0.2, 0.25) is 0 Å². The Labute approximate surface area is 438 Å². The number of para-hydroxylation sites is 6. The summed E-state index contributed by atoms with van der Waals surface area (Å²) in [7, 11) is 0. The summed E-state index contributed by atoms with van der Waals surface area (Å²) in [6, 6.07) is 103. The van der Waals surface area contributed by atoms with E-state index in [4.69, 9.17) is 0 Å². The molecule has 0 aliphatic rings. The van der Waals surface area contributed by atoms with Crippen LogP contribution in [0.15, 0.2) is 279 Å². The molecule has 0 aliphatic heterocycles. The third-order valence-electron chi connectivity index (χ3n) is 15.9. The normalized spacial score (nSPS) is 11.9. The third kappa shape index (κ3) is 6.38. The van der Waals surface area contributed by atoms with Crippen LogP contribution in [-0.2, 0) is 0 Å². The number of hydrogen-bond acceptors (Lipinski definition) is 0. The first-order chi connectivity index (χ1) is 37.7. The maximum Gasteiger partial charge on any atom is 0.0641 e. The molecule has 4 aromatic heterocycles. The fourth-order valence-electron chi connectivity index (χ4n) is 12.6. The molecule has 0 saturated carbocycles. The van der Waals surface area contributed by atoms with Crippen LogP contribution in [0.2, 0.25) is 0 Å². The monoisotopic (exact) mass is 966 g/mol. The van der Waals surface area contributed by atoms with Crippen molar-refractivity contribution in [1.29, 1.82) is 0 Å². The highest BCUT2D eigenvalue weighted by molar-refractivity contribution is 6.26. The van der Waals surface area contributed by atoms with Crippen LogP contribution in [0.25, 0.3) is 143 Å². The molecule has 0 N–H and O–H groups in total. The van der Waals surface area contributed by atoms with Gasteiger partial charge in [0.25, 0.3) is 0 Å². The van der Waals surface area contributed by atoms with Crippen molar-refractivity contribution in [2.24, 2.45) is 0 Å². The molecule has 76 heavy (non-hydrogen) atoms. The Hall–Kier alpha value is -10.2. The number of aromatic nitrogens is 4. The highest BCUT2D eigenvalue weighted by Crippen LogP contribution is 2.44. The van der Waals surface area contributed by atoms with Gasteiger partial charge < -0.3 is 18.3 Å². The Morgan fingerprint density at radius 2 is 0.539 bits per heavy atom. The van der Waals surface area contributed by atoms with Gasteiger partial charge in [-0.05, 0) is 143 Å². The van der Waals surface area contributed by atoms with Crippen LogP contribution in [-0.4, -0.2) is 18.3 Å². The number of nitrogens with zero attached hydrogens (tertiary/aromatic N) is 4. The maximum atomic E-state index is 2.50. The quantitative estimate of drug-likeness (QED) is 0.152. The van der Waals surface area contributed by atoms with Crippen molar-refractivity contribution in [3.63, 3.8) is 0 Å². The molecule has 354 valence electrons. The maximum absolute atomic E-state index is 2.50. The van der Waals surface area contributed by atoms with Gasteiger partial charge in [0.15, 0.2) is 0 Å².